The number of nitrogens with zero attached hydrogens (tertiary/aromatic N) is 1. The summed E-state index contributed by atoms with van der Waals surface area (Å²) in [5.41, 5.74) is 0. The van der Waals surface area contributed by atoms with Gasteiger partial charge in [-0.3, -0.25) is 4.79 Å². The van der Waals surface area contributed by atoms with Gasteiger partial charge in [-0.25, -0.2) is 0 Å². The minimum atomic E-state index is -0.0135. The lowest BCUT2D eigenvalue weighted by Gasteiger charge is -2.21. The van der Waals surface area contributed by atoms with Crippen LogP contribution in [0.2, 0.25) is 0 Å². The van der Waals surface area contributed by atoms with Crippen LogP contribution in [0.4, 0.5) is 0 Å². The Labute approximate surface area is 207 Å². The van der Waals surface area contributed by atoms with Crippen molar-refractivity contribution in [2.75, 3.05) is 32.8 Å². The molecule has 0 radical (unpaired) electrons. The Kier molecular flexibility index (Phi) is 27.1. The molecule has 0 heterocycles. The van der Waals surface area contributed by atoms with Gasteiger partial charge in [0.15, 0.2) is 0 Å². The van der Waals surface area contributed by atoms with Gasteiger partial charge in [0.1, 0.15) is 0 Å². The molecule has 198 valence electrons. The summed E-state index contributed by atoms with van der Waals surface area (Å²) in [7, 11) is 0. The van der Waals surface area contributed by atoms with E-state index in [0.717, 1.165) is 38.9 Å². The number of carbonyl (C=O) groups is 1. The van der Waals surface area contributed by atoms with Crippen molar-refractivity contribution < 1.29 is 14.6 Å². The molecular weight excluding hydrogens is 410 g/mol. The molecule has 4 heteroatoms. The van der Waals surface area contributed by atoms with Gasteiger partial charge in [-0.15, -0.1) is 0 Å². The molecule has 0 aromatic rings. The fourth-order valence-electron chi connectivity index (χ4n) is 4.40. The third kappa shape index (κ3) is 25.8. The maximum Gasteiger partial charge on any atom is 0.305 e. The third-order valence-electron chi connectivity index (χ3n) is 6.61. The van der Waals surface area contributed by atoms with E-state index in [1.54, 1.807) is 0 Å². The number of aliphatic hydroxyl groups excluding tert-OH is 1. The summed E-state index contributed by atoms with van der Waals surface area (Å²) < 4.78 is 5.37. The topological polar surface area (TPSA) is 49.8 Å². The molecule has 0 aliphatic carbocycles. The molecule has 4 nitrogen and oxygen atoms in total. The second kappa shape index (κ2) is 27.6. The van der Waals surface area contributed by atoms with Crippen molar-refractivity contribution in [3.63, 3.8) is 0 Å². The Morgan fingerprint density at radius 1 is 0.576 bits per heavy atom. The Bertz CT molecular complexity index is 389. The van der Waals surface area contributed by atoms with Crippen molar-refractivity contribution in [2.24, 2.45) is 0 Å². The van der Waals surface area contributed by atoms with E-state index < -0.39 is 0 Å². The quantitative estimate of drug-likeness (QED) is 0.0976. The fraction of sp³-hybridized carbons (Fsp3) is 0.966. The van der Waals surface area contributed by atoms with Crippen molar-refractivity contribution >= 4 is 5.97 Å². The van der Waals surface area contributed by atoms with Crippen LogP contribution in [0.25, 0.3) is 0 Å². The number of carbonyl (C=O) groups excluding carboxylic acids is 1. The van der Waals surface area contributed by atoms with E-state index in [4.69, 9.17) is 4.74 Å². The van der Waals surface area contributed by atoms with E-state index in [-0.39, 0.29) is 12.6 Å². The first-order valence-electron chi connectivity index (χ1n) is 14.7. The minimum Gasteiger partial charge on any atom is -0.466 e. The monoisotopic (exact) mass is 469 g/mol. The molecule has 0 spiro atoms. The number of ether oxygens (including phenoxy) is 1. The summed E-state index contributed by atoms with van der Waals surface area (Å²) in [6, 6.07) is 0. The fourth-order valence-corrected chi connectivity index (χ4v) is 4.40. The van der Waals surface area contributed by atoms with Crippen LogP contribution in [0.1, 0.15) is 149 Å². The number of esters is 1. The molecule has 0 bridgehead atoms. The highest BCUT2D eigenvalue weighted by atomic mass is 16.5. The highest BCUT2D eigenvalue weighted by Crippen LogP contribution is 2.11. The molecule has 0 aromatic heterocycles. The predicted octanol–water partition coefficient (Wildman–Crippen LogP) is 8.06. The van der Waals surface area contributed by atoms with Crippen LogP contribution < -0.4 is 0 Å². The molecular formula is C29H59NO3. The molecule has 0 fully saturated rings. The first kappa shape index (κ1) is 32.4. The molecule has 0 saturated carbocycles. The molecule has 0 saturated heterocycles. The Morgan fingerprint density at radius 2 is 1.00 bits per heavy atom. The van der Waals surface area contributed by atoms with Gasteiger partial charge < -0.3 is 14.7 Å². The summed E-state index contributed by atoms with van der Waals surface area (Å²) in [6.07, 6.45) is 25.8. The van der Waals surface area contributed by atoms with Crippen LogP contribution in [-0.4, -0.2) is 48.8 Å². The zero-order valence-electron chi connectivity index (χ0n) is 22.6. The molecule has 0 unspecified atom stereocenters. The number of unbranched alkanes of at least 4 members (excludes halogenated alkanes) is 17. The average molecular weight is 470 g/mol. The Balaban J connectivity index is 3.48. The molecule has 0 atom stereocenters. The van der Waals surface area contributed by atoms with Crippen molar-refractivity contribution in [2.45, 2.75) is 149 Å². The van der Waals surface area contributed by atoms with E-state index in [1.165, 1.54) is 109 Å². The zero-order chi connectivity index (χ0) is 24.2. The minimum absolute atomic E-state index is 0.0135. The van der Waals surface area contributed by atoms with Crippen molar-refractivity contribution in [1.29, 1.82) is 0 Å². The maximum atomic E-state index is 11.8. The average Bonchev–Trinajstić information content (AvgIpc) is 2.81. The summed E-state index contributed by atoms with van der Waals surface area (Å²) in [4.78, 5) is 14.3. The lowest BCUT2D eigenvalue weighted by Crippen LogP contribution is -2.29. The highest BCUT2D eigenvalue weighted by molar-refractivity contribution is 5.69. The van der Waals surface area contributed by atoms with Gasteiger partial charge in [-0.2, -0.15) is 0 Å². The second-order valence-electron chi connectivity index (χ2n) is 9.90. The largest absolute Gasteiger partial charge is 0.466 e. The SMILES string of the molecule is CCCCCCCCCCN(CCO)CCCCCCCC(=O)OCCCCCCCCC. The van der Waals surface area contributed by atoms with E-state index >= 15 is 0 Å². The van der Waals surface area contributed by atoms with E-state index in [0.29, 0.717) is 13.0 Å². The van der Waals surface area contributed by atoms with Crippen molar-refractivity contribution in [3.8, 4) is 0 Å². The van der Waals surface area contributed by atoms with Crippen LogP contribution in [0.5, 0.6) is 0 Å². The highest BCUT2D eigenvalue weighted by Gasteiger charge is 2.05. The van der Waals surface area contributed by atoms with Crippen LogP contribution in [0.3, 0.4) is 0 Å². The number of aliphatic hydroxyl groups is 1. The standard InChI is InChI=1S/C29H59NO3/c1-3-5-7-9-11-12-16-20-24-30(26-27-31)25-21-17-14-15-19-23-29(32)33-28-22-18-13-10-8-6-4-2/h31H,3-28H2,1-2H3. The predicted molar refractivity (Wildman–Crippen MR) is 143 cm³/mol. The van der Waals surface area contributed by atoms with Crippen LogP contribution in [0.15, 0.2) is 0 Å². The lowest BCUT2D eigenvalue weighted by molar-refractivity contribution is -0.143. The normalized spacial score (nSPS) is 11.4. The zero-order valence-corrected chi connectivity index (χ0v) is 22.6. The van der Waals surface area contributed by atoms with Gasteiger partial charge >= 0.3 is 5.97 Å². The number of rotatable bonds is 27. The van der Waals surface area contributed by atoms with Crippen LogP contribution in [-0.2, 0) is 9.53 Å². The Hall–Kier alpha value is -0.610. The molecule has 1 N–H and O–H groups in total. The molecule has 0 amide bonds. The maximum absolute atomic E-state index is 11.8. The van der Waals surface area contributed by atoms with E-state index in [1.807, 2.05) is 0 Å². The Morgan fingerprint density at radius 3 is 1.48 bits per heavy atom. The molecule has 33 heavy (non-hydrogen) atoms. The smallest absolute Gasteiger partial charge is 0.305 e. The molecule has 0 aliphatic rings. The van der Waals surface area contributed by atoms with Gasteiger partial charge in [0, 0.05) is 13.0 Å². The van der Waals surface area contributed by atoms with Gasteiger partial charge in [0.2, 0.25) is 0 Å². The number of hydrogen-bond acceptors (Lipinski definition) is 4. The first-order valence-corrected chi connectivity index (χ1v) is 14.7. The summed E-state index contributed by atoms with van der Waals surface area (Å²) in [5.74, 6) is -0.0135. The molecule has 0 aromatic carbocycles. The van der Waals surface area contributed by atoms with Gasteiger partial charge in [-0.1, -0.05) is 117 Å². The molecule has 0 rings (SSSR count). The van der Waals surface area contributed by atoms with Crippen molar-refractivity contribution in [1.82, 2.24) is 4.90 Å². The van der Waals surface area contributed by atoms with E-state index in [9.17, 15) is 9.90 Å². The molecule has 0 aliphatic heterocycles. The van der Waals surface area contributed by atoms with Crippen molar-refractivity contribution in [3.05, 3.63) is 0 Å². The number of hydrogen-bond donors (Lipinski definition) is 1. The van der Waals surface area contributed by atoms with E-state index in [2.05, 4.69) is 18.7 Å². The summed E-state index contributed by atoms with van der Waals surface area (Å²) in [6.45, 7) is 8.40. The first-order chi connectivity index (χ1) is 16.2. The van der Waals surface area contributed by atoms with Gasteiger partial charge in [0.25, 0.3) is 0 Å². The lowest BCUT2D eigenvalue weighted by atomic mass is 10.1. The summed E-state index contributed by atoms with van der Waals surface area (Å²) in [5, 5.41) is 9.33. The van der Waals surface area contributed by atoms with Crippen LogP contribution in [0, 0.1) is 0 Å². The van der Waals surface area contributed by atoms with Gasteiger partial charge in [-0.05, 0) is 38.8 Å². The third-order valence-corrected chi connectivity index (χ3v) is 6.61. The second-order valence-corrected chi connectivity index (χ2v) is 9.90. The van der Waals surface area contributed by atoms with Gasteiger partial charge in [0.05, 0.1) is 13.2 Å². The summed E-state index contributed by atoms with van der Waals surface area (Å²) >= 11 is 0. The van der Waals surface area contributed by atoms with Crippen LogP contribution >= 0.6 is 0 Å².